The Bertz CT molecular complexity index is 858. The van der Waals surface area contributed by atoms with Crippen LogP contribution in [0.25, 0.3) is 0 Å². The van der Waals surface area contributed by atoms with Crippen LogP contribution < -0.4 is 4.90 Å². The predicted molar refractivity (Wildman–Crippen MR) is 97.2 cm³/mol. The van der Waals surface area contributed by atoms with E-state index in [1.807, 2.05) is 4.90 Å². The minimum absolute atomic E-state index is 0.224. The Hall–Kier alpha value is -3.29. The van der Waals surface area contributed by atoms with Gasteiger partial charge in [0.25, 0.3) is 11.8 Å². The number of benzene rings is 1. The summed E-state index contributed by atoms with van der Waals surface area (Å²) in [5, 5.41) is 0. The van der Waals surface area contributed by atoms with Crippen molar-refractivity contribution in [2.75, 3.05) is 31.1 Å². The van der Waals surface area contributed by atoms with Gasteiger partial charge in [0.05, 0.1) is 11.1 Å². The molecule has 3 heterocycles. The van der Waals surface area contributed by atoms with E-state index in [-0.39, 0.29) is 5.91 Å². The fraction of sp³-hybridized carbons (Fsp3) is 0.316. The van der Waals surface area contributed by atoms with Crippen molar-refractivity contribution in [3.63, 3.8) is 0 Å². The van der Waals surface area contributed by atoms with Crippen LogP contribution in [-0.4, -0.2) is 69.7 Å². The van der Waals surface area contributed by atoms with Crippen LogP contribution in [0.1, 0.15) is 27.6 Å². The molecule has 0 bridgehead atoms. The molecule has 4 rings (SSSR count). The van der Waals surface area contributed by atoms with Crippen LogP contribution in [0, 0.1) is 0 Å². The number of fused-ring (bicyclic) bond motifs is 1. The van der Waals surface area contributed by atoms with Gasteiger partial charge in [-0.2, -0.15) is 0 Å². The highest BCUT2D eigenvalue weighted by atomic mass is 16.2. The van der Waals surface area contributed by atoms with Crippen molar-refractivity contribution < 1.29 is 14.4 Å². The van der Waals surface area contributed by atoms with Gasteiger partial charge in [0.15, 0.2) is 0 Å². The number of imide groups is 1. The molecule has 1 aromatic heterocycles. The molecule has 1 fully saturated rings. The molecule has 8 heteroatoms. The van der Waals surface area contributed by atoms with Gasteiger partial charge in [-0.3, -0.25) is 19.3 Å². The van der Waals surface area contributed by atoms with Gasteiger partial charge in [0, 0.05) is 38.6 Å². The molecular weight excluding hydrogens is 346 g/mol. The van der Waals surface area contributed by atoms with Gasteiger partial charge in [-0.05, 0) is 25.1 Å². The van der Waals surface area contributed by atoms with Crippen molar-refractivity contribution in [2.24, 2.45) is 0 Å². The summed E-state index contributed by atoms with van der Waals surface area (Å²) in [7, 11) is 0. The van der Waals surface area contributed by atoms with E-state index >= 15 is 0 Å². The zero-order chi connectivity index (χ0) is 19.0. The lowest BCUT2D eigenvalue weighted by Crippen LogP contribution is -2.55. The molecule has 2 aliphatic heterocycles. The summed E-state index contributed by atoms with van der Waals surface area (Å²) < 4.78 is 0. The van der Waals surface area contributed by atoms with Gasteiger partial charge in [-0.15, -0.1) is 0 Å². The number of piperazine rings is 1. The van der Waals surface area contributed by atoms with E-state index in [1.54, 1.807) is 54.5 Å². The zero-order valence-corrected chi connectivity index (χ0v) is 14.9. The average molecular weight is 365 g/mol. The van der Waals surface area contributed by atoms with Crippen LogP contribution >= 0.6 is 0 Å². The van der Waals surface area contributed by atoms with Crippen LogP contribution in [0.4, 0.5) is 5.95 Å². The van der Waals surface area contributed by atoms with Gasteiger partial charge >= 0.3 is 0 Å². The maximum absolute atomic E-state index is 12.9. The number of rotatable bonds is 3. The van der Waals surface area contributed by atoms with E-state index < -0.39 is 17.9 Å². The summed E-state index contributed by atoms with van der Waals surface area (Å²) in [5.74, 6) is -0.406. The topological polar surface area (TPSA) is 86.7 Å². The number of hydrogen-bond donors (Lipinski definition) is 0. The molecule has 138 valence electrons. The lowest BCUT2D eigenvalue weighted by Gasteiger charge is -2.37. The molecule has 2 aliphatic rings. The van der Waals surface area contributed by atoms with E-state index in [4.69, 9.17) is 0 Å². The molecule has 1 aromatic carbocycles. The Balaban J connectivity index is 1.44. The lowest BCUT2D eigenvalue weighted by molar-refractivity contribution is -0.135. The standard InChI is InChI=1S/C19H19N5O3/c1-13(24-17(26)14-5-2-3-6-15(14)18(24)27)16(25)22-9-11-23(12-10-22)19-20-7-4-8-21-19/h2-8,13H,9-12H2,1H3. The molecule has 0 aliphatic carbocycles. The number of amides is 3. The lowest BCUT2D eigenvalue weighted by atomic mass is 10.1. The van der Waals surface area contributed by atoms with E-state index in [2.05, 4.69) is 9.97 Å². The number of hydrogen-bond acceptors (Lipinski definition) is 6. The van der Waals surface area contributed by atoms with Crippen LogP contribution in [0.3, 0.4) is 0 Å². The summed E-state index contributed by atoms with van der Waals surface area (Å²) in [6, 6.07) is 7.58. The summed E-state index contributed by atoms with van der Waals surface area (Å²) in [6.07, 6.45) is 3.37. The maximum atomic E-state index is 12.9. The van der Waals surface area contributed by atoms with E-state index in [0.29, 0.717) is 43.3 Å². The quantitative estimate of drug-likeness (QED) is 0.748. The number of carbonyl (C=O) groups excluding carboxylic acids is 3. The van der Waals surface area contributed by atoms with Gasteiger partial charge in [0.1, 0.15) is 6.04 Å². The van der Waals surface area contributed by atoms with Crippen molar-refractivity contribution in [3.8, 4) is 0 Å². The number of carbonyl (C=O) groups is 3. The molecular formula is C19H19N5O3. The minimum Gasteiger partial charge on any atom is -0.337 e. The summed E-state index contributed by atoms with van der Waals surface area (Å²) in [4.78, 5) is 51.3. The second kappa shape index (κ2) is 6.79. The Morgan fingerprint density at radius 3 is 2.04 bits per heavy atom. The first-order chi connectivity index (χ1) is 13.1. The molecule has 1 unspecified atom stereocenters. The first kappa shape index (κ1) is 17.1. The molecule has 1 atom stereocenters. The second-order valence-corrected chi connectivity index (χ2v) is 6.56. The summed E-state index contributed by atoms with van der Waals surface area (Å²) in [5.41, 5.74) is 0.710. The third kappa shape index (κ3) is 2.92. The highest BCUT2D eigenvalue weighted by molar-refractivity contribution is 6.22. The molecule has 3 amide bonds. The monoisotopic (exact) mass is 365 g/mol. The van der Waals surface area contributed by atoms with E-state index in [1.165, 1.54) is 0 Å². The maximum Gasteiger partial charge on any atom is 0.262 e. The van der Waals surface area contributed by atoms with Crippen molar-refractivity contribution in [2.45, 2.75) is 13.0 Å². The van der Waals surface area contributed by atoms with Crippen LogP contribution in [0.5, 0.6) is 0 Å². The minimum atomic E-state index is -0.836. The Morgan fingerprint density at radius 2 is 1.48 bits per heavy atom. The van der Waals surface area contributed by atoms with Crippen LogP contribution in [0.2, 0.25) is 0 Å². The van der Waals surface area contributed by atoms with Gasteiger partial charge < -0.3 is 9.80 Å². The van der Waals surface area contributed by atoms with Crippen LogP contribution in [0.15, 0.2) is 42.7 Å². The normalized spacial score (nSPS) is 17.9. The average Bonchev–Trinajstić information content (AvgIpc) is 2.98. The Kier molecular flexibility index (Phi) is 4.31. The van der Waals surface area contributed by atoms with E-state index in [0.717, 1.165) is 4.90 Å². The molecule has 0 spiro atoms. The number of anilines is 1. The van der Waals surface area contributed by atoms with Gasteiger partial charge in [-0.1, -0.05) is 12.1 Å². The van der Waals surface area contributed by atoms with E-state index in [9.17, 15) is 14.4 Å². The molecule has 27 heavy (non-hydrogen) atoms. The fourth-order valence-electron chi connectivity index (χ4n) is 3.52. The third-order valence-electron chi connectivity index (χ3n) is 5.00. The van der Waals surface area contributed by atoms with Gasteiger partial charge in [0.2, 0.25) is 11.9 Å². The van der Waals surface area contributed by atoms with Crippen LogP contribution in [-0.2, 0) is 4.79 Å². The predicted octanol–water partition coefficient (Wildman–Crippen LogP) is 0.810. The highest BCUT2D eigenvalue weighted by Gasteiger charge is 2.42. The Morgan fingerprint density at radius 1 is 0.926 bits per heavy atom. The molecule has 0 N–H and O–H groups in total. The third-order valence-corrected chi connectivity index (χ3v) is 5.00. The molecule has 8 nitrogen and oxygen atoms in total. The SMILES string of the molecule is CC(C(=O)N1CCN(c2ncccn2)CC1)N1C(=O)c2ccccc2C1=O. The van der Waals surface area contributed by atoms with Crippen molar-refractivity contribution >= 4 is 23.7 Å². The first-order valence-corrected chi connectivity index (χ1v) is 8.85. The second-order valence-electron chi connectivity index (χ2n) is 6.56. The largest absolute Gasteiger partial charge is 0.337 e. The first-order valence-electron chi connectivity index (χ1n) is 8.85. The molecule has 1 saturated heterocycles. The summed E-state index contributed by atoms with van der Waals surface area (Å²) in [6.45, 7) is 3.79. The fourth-order valence-corrected chi connectivity index (χ4v) is 3.52. The highest BCUT2D eigenvalue weighted by Crippen LogP contribution is 2.25. The number of nitrogens with zero attached hydrogens (tertiary/aromatic N) is 5. The Labute approximate surface area is 156 Å². The van der Waals surface area contributed by atoms with Crippen molar-refractivity contribution in [1.82, 2.24) is 19.8 Å². The molecule has 2 aromatic rings. The zero-order valence-electron chi connectivity index (χ0n) is 14.9. The summed E-state index contributed by atoms with van der Waals surface area (Å²) >= 11 is 0. The molecule has 0 saturated carbocycles. The van der Waals surface area contributed by atoms with Crippen molar-refractivity contribution in [3.05, 3.63) is 53.9 Å². The number of aromatic nitrogens is 2. The smallest absolute Gasteiger partial charge is 0.262 e. The van der Waals surface area contributed by atoms with Gasteiger partial charge in [-0.25, -0.2) is 9.97 Å². The molecule has 0 radical (unpaired) electrons. The van der Waals surface area contributed by atoms with Crippen molar-refractivity contribution in [1.29, 1.82) is 0 Å².